The molecule has 0 unspecified atom stereocenters. The number of nitrogens with zero attached hydrogens (tertiary/aromatic N) is 4. The zero-order valence-corrected chi connectivity index (χ0v) is 41.0. The van der Waals surface area contributed by atoms with Gasteiger partial charge in [-0.05, 0) is 156 Å². The van der Waals surface area contributed by atoms with E-state index in [-0.39, 0.29) is 0 Å². The minimum Gasteiger partial charge on any atom is -0.456 e. The van der Waals surface area contributed by atoms with Crippen molar-refractivity contribution in [3.63, 3.8) is 0 Å². The molecule has 6 nitrogen and oxygen atoms in total. The molecule has 16 rings (SSSR count). The Balaban J connectivity index is 0.785. The van der Waals surface area contributed by atoms with Crippen LogP contribution in [0.2, 0.25) is 0 Å². The van der Waals surface area contributed by atoms with Crippen molar-refractivity contribution in [3.8, 4) is 11.4 Å². The fourth-order valence-electron chi connectivity index (χ4n) is 12.0. The van der Waals surface area contributed by atoms with Crippen molar-refractivity contribution in [2.75, 3.05) is 9.80 Å². The van der Waals surface area contributed by atoms with Gasteiger partial charge in [-0.1, -0.05) is 109 Å². The van der Waals surface area contributed by atoms with E-state index < -0.39 is 0 Å². The number of hydrogen-bond acceptors (Lipinski definition) is 4. The Kier molecular flexibility index (Phi) is 9.23. The van der Waals surface area contributed by atoms with Crippen LogP contribution in [0, 0.1) is 0 Å². The van der Waals surface area contributed by atoms with Crippen LogP contribution in [0.25, 0.3) is 110 Å². The van der Waals surface area contributed by atoms with E-state index in [1.807, 2.05) is 0 Å². The summed E-state index contributed by atoms with van der Waals surface area (Å²) >= 11 is 0. The van der Waals surface area contributed by atoms with Crippen LogP contribution >= 0.6 is 0 Å². The van der Waals surface area contributed by atoms with E-state index in [1.54, 1.807) is 0 Å². The maximum absolute atomic E-state index is 6.81. The lowest BCUT2D eigenvalue weighted by molar-refractivity contribution is 0.668. The zero-order valence-electron chi connectivity index (χ0n) is 41.0. The molecule has 0 amide bonds. The SMILES string of the molecule is c1ccc(N(c2ccc3c(c2)oc2cc4cc5oc6cc(N(c7ccccc7)c7ccc8c(c7)c7ccccc7n8-c7ccccc7)ccc6c5cc4cc23)c2ccc3c(c2)c2ccccc2n3-c2ccccc2)cc1. The number of rotatable bonds is 8. The average molecular weight is 973 g/mol. The summed E-state index contributed by atoms with van der Waals surface area (Å²) in [6.07, 6.45) is 0. The van der Waals surface area contributed by atoms with Crippen LogP contribution in [0.1, 0.15) is 0 Å². The second kappa shape index (κ2) is 16.6. The largest absolute Gasteiger partial charge is 0.456 e. The van der Waals surface area contributed by atoms with Crippen LogP contribution in [0.15, 0.2) is 276 Å². The Bertz CT molecular complexity index is 4630. The van der Waals surface area contributed by atoms with Crippen molar-refractivity contribution in [1.82, 2.24) is 9.13 Å². The second-order valence-electron chi connectivity index (χ2n) is 19.7. The van der Waals surface area contributed by atoms with Gasteiger partial charge in [0, 0.05) is 101 Å². The monoisotopic (exact) mass is 972 g/mol. The van der Waals surface area contributed by atoms with E-state index in [0.717, 1.165) is 111 Å². The number of aromatic nitrogens is 2. The number of fused-ring (bicyclic) bond motifs is 13. The molecule has 76 heavy (non-hydrogen) atoms. The smallest absolute Gasteiger partial charge is 0.137 e. The van der Waals surface area contributed by atoms with E-state index in [4.69, 9.17) is 8.83 Å². The fourth-order valence-corrected chi connectivity index (χ4v) is 12.0. The van der Waals surface area contributed by atoms with Crippen molar-refractivity contribution in [1.29, 1.82) is 0 Å². The van der Waals surface area contributed by atoms with Crippen molar-refractivity contribution >= 4 is 132 Å². The Labute approximate surface area is 436 Å². The first-order chi connectivity index (χ1) is 37.7. The van der Waals surface area contributed by atoms with Crippen LogP contribution in [0.4, 0.5) is 34.1 Å². The zero-order chi connectivity index (χ0) is 49.8. The molecule has 0 bridgehead atoms. The Morgan fingerprint density at radius 1 is 0.224 bits per heavy atom. The number of hydrogen-bond donors (Lipinski definition) is 0. The topological polar surface area (TPSA) is 42.6 Å². The first-order valence-electron chi connectivity index (χ1n) is 25.8. The van der Waals surface area contributed by atoms with Gasteiger partial charge < -0.3 is 27.8 Å². The number of para-hydroxylation sites is 6. The molecule has 16 aromatic rings. The predicted octanol–water partition coefficient (Wildman–Crippen LogP) is 19.8. The van der Waals surface area contributed by atoms with Crippen LogP contribution in [-0.2, 0) is 0 Å². The second-order valence-corrected chi connectivity index (χ2v) is 19.7. The molecule has 4 heterocycles. The number of furan rings is 2. The van der Waals surface area contributed by atoms with E-state index in [1.165, 1.54) is 32.6 Å². The quantitative estimate of drug-likeness (QED) is 0.152. The highest BCUT2D eigenvalue weighted by molar-refractivity contribution is 6.17. The van der Waals surface area contributed by atoms with Gasteiger partial charge in [0.15, 0.2) is 0 Å². The number of anilines is 6. The molecular formula is C70H44N4O2. The van der Waals surface area contributed by atoms with Gasteiger partial charge in [-0.3, -0.25) is 0 Å². The van der Waals surface area contributed by atoms with E-state index >= 15 is 0 Å². The summed E-state index contributed by atoms with van der Waals surface area (Å²) in [5.74, 6) is 0. The molecule has 0 saturated heterocycles. The van der Waals surface area contributed by atoms with Crippen molar-refractivity contribution in [3.05, 3.63) is 267 Å². The Morgan fingerprint density at radius 2 is 0.566 bits per heavy atom. The van der Waals surface area contributed by atoms with Gasteiger partial charge >= 0.3 is 0 Å². The van der Waals surface area contributed by atoms with Gasteiger partial charge in [0.05, 0.1) is 22.1 Å². The molecule has 4 aromatic heterocycles. The summed E-state index contributed by atoms with van der Waals surface area (Å²) in [5, 5.41) is 11.3. The summed E-state index contributed by atoms with van der Waals surface area (Å²) in [6, 6.07) is 95.5. The summed E-state index contributed by atoms with van der Waals surface area (Å²) in [7, 11) is 0. The van der Waals surface area contributed by atoms with Gasteiger partial charge in [-0.15, -0.1) is 0 Å². The third-order valence-corrected chi connectivity index (χ3v) is 15.4. The lowest BCUT2D eigenvalue weighted by Gasteiger charge is -2.25. The maximum Gasteiger partial charge on any atom is 0.137 e. The number of benzene rings is 12. The van der Waals surface area contributed by atoms with Gasteiger partial charge in [0.25, 0.3) is 0 Å². The van der Waals surface area contributed by atoms with Gasteiger partial charge in [-0.2, -0.15) is 0 Å². The molecule has 0 aliphatic heterocycles. The highest BCUT2D eigenvalue weighted by Gasteiger charge is 2.22. The normalized spacial score (nSPS) is 11.9. The van der Waals surface area contributed by atoms with E-state index in [2.05, 4.69) is 286 Å². The molecule has 0 spiro atoms. The first kappa shape index (κ1) is 42.2. The molecule has 356 valence electrons. The van der Waals surface area contributed by atoms with Crippen molar-refractivity contribution in [2.45, 2.75) is 0 Å². The van der Waals surface area contributed by atoms with E-state index in [0.29, 0.717) is 0 Å². The fraction of sp³-hybridized carbons (Fsp3) is 0. The Hall–Kier alpha value is -10.3. The minimum absolute atomic E-state index is 0.830. The lowest BCUT2D eigenvalue weighted by Crippen LogP contribution is -2.09. The molecule has 0 N–H and O–H groups in total. The van der Waals surface area contributed by atoms with Crippen LogP contribution < -0.4 is 9.80 Å². The lowest BCUT2D eigenvalue weighted by atomic mass is 10.0. The summed E-state index contributed by atoms with van der Waals surface area (Å²) in [6.45, 7) is 0. The highest BCUT2D eigenvalue weighted by Crippen LogP contribution is 2.45. The minimum atomic E-state index is 0.830. The van der Waals surface area contributed by atoms with Crippen molar-refractivity contribution < 1.29 is 8.83 Å². The first-order valence-corrected chi connectivity index (χ1v) is 25.8. The average Bonchev–Trinajstić information content (AvgIpc) is 4.27. The summed E-state index contributed by atoms with van der Waals surface area (Å²) < 4.78 is 18.3. The van der Waals surface area contributed by atoms with Gasteiger partial charge in [0.1, 0.15) is 22.3 Å². The molecule has 6 heteroatoms. The molecule has 0 radical (unpaired) electrons. The summed E-state index contributed by atoms with van der Waals surface area (Å²) in [4.78, 5) is 4.65. The van der Waals surface area contributed by atoms with Crippen LogP contribution in [-0.4, -0.2) is 9.13 Å². The predicted molar refractivity (Wildman–Crippen MR) is 317 cm³/mol. The van der Waals surface area contributed by atoms with Gasteiger partial charge in [-0.25, -0.2) is 0 Å². The van der Waals surface area contributed by atoms with Crippen LogP contribution in [0.5, 0.6) is 0 Å². The summed E-state index contributed by atoms with van der Waals surface area (Å²) in [5.41, 5.74) is 16.6. The molecule has 12 aromatic carbocycles. The van der Waals surface area contributed by atoms with Crippen LogP contribution in [0.3, 0.4) is 0 Å². The molecular weight excluding hydrogens is 929 g/mol. The highest BCUT2D eigenvalue weighted by atomic mass is 16.3. The maximum atomic E-state index is 6.81. The standard InChI is InChI=1S/C70H44N4O2/c1-5-17-47(18-6-1)71(51-31-35-65-59(41-51)55-25-13-15-27-63(55)73(65)49-21-9-3-10-22-49)53-29-33-57-61-37-45-38-62-58-34-30-54(44-70(58)76-68(62)40-46(45)39-67(61)75-69(57)43-53)72(48-19-7-2-8-20-48)52-32-36-66-60(42-52)56-26-14-16-28-64(56)74(66)50-23-11-4-12-24-50/h1-44H. The molecule has 0 fully saturated rings. The third-order valence-electron chi connectivity index (χ3n) is 15.4. The molecule has 0 aliphatic carbocycles. The molecule has 0 atom stereocenters. The third kappa shape index (κ3) is 6.54. The molecule has 0 aliphatic rings. The van der Waals surface area contributed by atoms with Crippen molar-refractivity contribution in [2.24, 2.45) is 0 Å². The van der Waals surface area contributed by atoms with Gasteiger partial charge in [0.2, 0.25) is 0 Å². The Morgan fingerprint density at radius 3 is 1.01 bits per heavy atom. The van der Waals surface area contributed by atoms with E-state index in [9.17, 15) is 0 Å². The molecule has 0 saturated carbocycles.